The van der Waals surface area contributed by atoms with Crippen LogP contribution in [0.2, 0.25) is 0 Å². The highest BCUT2D eigenvalue weighted by Crippen LogP contribution is 2.13. The van der Waals surface area contributed by atoms with Crippen molar-refractivity contribution >= 4 is 35.6 Å². The molecule has 44 heavy (non-hydrogen) atoms. The molecule has 0 aliphatic rings. The highest BCUT2D eigenvalue weighted by Gasteiger charge is 2.29. The first-order valence-corrected chi connectivity index (χ1v) is 17.8. The van der Waals surface area contributed by atoms with Gasteiger partial charge in [0.25, 0.3) is 0 Å². The number of amides is 3. The number of nitrogens with one attached hydrogen (secondary N) is 3. The Kier molecular flexibility index (Phi) is 23.1. The lowest BCUT2D eigenvalue weighted by molar-refractivity contribution is -0.145. The molecule has 0 aliphatic carbocycles. The smallest absolute Gasteiger partial charge is 0.408 e. The van der Waals surface area contributed by atoms with Crippen LogP contribution in [-0.4, -0.2) is 76.9 Å². The fourth-order valence-corrected chi connectivity index (χ4v) is 5.15. The molecule has 3 amide bonds. The van der Waals surface area contributed by atoms with Gasteiger partial charge in [-0.15, -0.1) is 0 Å². The third-order valence-electron chi connectivity index (χ3n) is 6.67. The summed E-state index contributed by atoms with van der Waals surface area (Å²) in [6, 6.07) is -2.31. The van der Waals surface area contributed by atoms with Gasteiger partial charge < -0.3 is 30.5 Å². The number of hydrogen-bond donors (Lipinski definition) is 4. The summed E-state index contributed by atoms with van der Waals surface area (Å²) in [5.74, 6) is -1.18. The summed E-state index contributed by atoms with van der Waals surface area (Å²) in [5, 5.41) is 17.5. The zero-order valence-electron chi connectivity index (χ0n) is 28.7. The van der Waals surface area contributed by atoms with Crippen LogP contribution in [0.15, 0.2) is 0 Å². The molecule has 0 fully saturated rings. The van der Waals surface area contributed by atoms with Gasteiger partial charge in [-0.25, -0.2) is 9.59 Å². The lowest BCUT2D eigenvalue weighted by Crippen LogP contribution is -2.55. The van der Waals surface area contributed by atoms with Crippen molar-refractivity contribution in [3.8, 4) is 0 Å². The van der Waals surface area contributed by atoms with E-state index in [2.05, 4.69) is 22.9 Å². The van der Waals surface area contributed by atoms with E-state index in [1.165, 1.54) is 82.4 Å². The number of unbranched alkanes of at least 4 members (excludes halogenated alkanes) is 12. The van der Waals surface area contributed by atoms with E-state index in [-0.39, 0.29) is 18.3 Å². The van der Waals surface area contributed by atoms with E-state index >= 15 is 0 Å². The first kappa shape index (κ1) is 42.0. The van der Waals surface area contributed by atoms with Gasteiger partial charge in [0.05, 0.1) is 12.2 Å². The quantitative estimate of drug-likeness (QED) is 0.0814. The summed E-state index contributed by atoms with van der Waals surface area (Å²) >= 11 is 1.37. The Morgan fingerprint density at radius 3 is 1.73 bits per heavy atom. The molecule has 0 bridgehead atoms. The van der Waals surface area contributed by atoms with Crippen molar-refractivity contribution in [1.29, 1.82) is 0 Å². The van der Waals surface area contributed by atoms with Crippen molar-refractivity contribution in [2.45, 2.75) is 162 Å². The SMILES string of the molecule is CCCCCCCCCCCCCCCC(=O)NCCSCC(NC(=O)OC(C)(C)C)C(=O)NC(COC(C)(C)C)C(=O)O. The molecule has 0 aromatic heterocycles. The monoisotopic (exact) mass is 645 g/mol. The fraction of sp³-hybridized carbons (Fsp3) is 0.879. The Balaban J connectivity index is 4.38. The molecule has 10 nitrogen and oxygen atoms in total. The normalized spacial score (nSPS) is 13.2. The minimum Gasteiger partial charge on any atom is -0.480 e. The first-order valence-electron chi connectivity index (χ1n) is 16.7. The zero-order chi connectivity index (χ0) is 33.4. The number of aliphatic carboxylic acids is 1. The Hall–Kier alpha value is -2.01. The van der Waals surface area contributed by atoms with Crippen molar-refractivity contribution in [3.05, 3.63) is 0 Å². The summed E-state index contributed by atoms with van der Waals surface area (Å²) in [6.45, 7) is 12.9. The molecule has 0 rings (SSSR count). The largest absolute Gasteiger partial charge is 0.480 e. The van der Waals surface area contributed by atoms with Gasteiger partial charge in [-0.1, -0.05) is 84.0 Å². The molecule has 0 saturated carbocycles. The fourth-order valence-electron chi connectivity index (χ4n) is 4.27. The van der Waals surface area contributed by atoms with E-state index in [4.69, 9.17) is 9.47 Å². The summed E-state index contributed by atoms with van der Waals surface area (Å²) < 4.78 is 10.8. The topological polar surface area (TPSA) is 143 Å². The maximum atomic E-state index is 13.0. The minimum atomic E-state index is -1.28. The number of ether oxygens (including phenoxy) is 2. The number of carbonyl (C=O) groups excluding carboxylic acids is 3. The summed E-state index contributed by atoms with van der Waals surface area (Å²) in [5.41, 5.74) is -1.35. The molecule has 2 atom stereocenters. The summed E-state index contributed by atoms with van der Waals surface area (Å²) in [6.07, 6.45) is 16.1. The predicted molar refractivity (Wildman–Crippen MR) is 179 cm³/mol. The maximum Gasteiger partial charge on any atom is 0.408 e. The van der Waals surface area contributed by atoms with E-state index in [9.17, 15) is 24.3 Å². The number of carbonyl (C=O) groups is 4. The predicted octanol–water partition coefficient (Wildman–Crippen LogP) is 6.59. The molecule has 11 heteroatoms. The van der Waals surface area contributed by atoms with Crippen molar-refractivity contribution in [3.63, 3.8) is 0 Å². The summed E-state index contributed by atoms with van der Waals surface area (Å²) in [4.78, 5) is 49.3. The molecule has 0 saturated heterocycles. The number of carboxylic acids is 1. The van der Waals surface area contributed by atoms with E-state index in [1.807, 2.05) is 0 Å². The van der Waals surface area contributed by atoms with Gasteiger partial charge in [0, 0.05) is 24.5 Å². The summed E-state index contributed by atoms with van der Waals surface area (Å²) in [7, 11) is 0. The molecule has 0 aromatic carbocycles. The second-order valence-corrected chi connectivity index (χ2v) is 14.6. The maximum absolute atomic E-state index is 13.0. The van der Waals surface area contributed by atoms with Crippen molar-refractivity contribution in [1.82, 2.24) is 16.0 Å². The van der Waals surface area contributed by atoms with E-state index in [0.717, 1.165) is 12.8 Å². The van der Waals surface area contributed by atoms with Crippen LogP contribution in [0.5, 0.6) is 0 Å². The Bertz CT molecular complexity index is 812. The number of carboxylic acid groups (broad SMARTS) is 1. The van der Waals surface area contributed by atoms with Gasteiger partial charge in [-0.3, -0.25) is 9.59 Å². The van der Waals surface area contributed by atoms with Gasteiger partial charge in [0.15, 0.2) is 6.04 Å². The van der Waals surface area contributed by atoms with Crippen LogP contribution >= 0.6 is 11.8 Å². The standard InChI is InChI=1S/C33H63N3O7S/c1-8-9-10-11-12-13-14-15-16-17-18-19-20-21-28(37)34-22-23-44-25-27(36-31(41)43-33(5,6)7)29(38)35-26(30(39)40)24-42-32(2,3)4/h26-27H,8-25H2,1-7H3,(H,34,37)(H,35,38)(H,36,41)(H,39,40). The molecular formula is C33H63N3O7S. The highest BCUT2D eigenvalue weighted by atomic mass is 32.2. The van der Waals surface area contributed by atoms with Crippen molar-refractivity contribution < 1.29 is 33.8 Å². The second-order valence-electron chi connectivity index (χ2n) is 13.4. The third kappa shape index (κ3) is 26.4. The lowest BCUT2D eigenvalue weighted by atomic mass is 10.0. The van der Waals surface area contributed by atoms with Crippen molar-refractivity contribution in [2.24, 2.45) is 0 Å². The van der Waals surface area contributed by atoms with Crippen LogP contribution in [0.25, 0.3) is 0 Å². The molecular weight excluding hydrogens is 582 g/mol. The first-order chi connectivity index (χ1) is 20.6. The van der Waals surface area contributed by atoms with Gasteiger partial charge >= 0.3 is 12.1 Å². The molecule has 4 N–H and O–H groups in total. The van der Waals surface area contributed by atoms with E-state index in [0.29, 0.717) is 18.7 Å². The minimum absolute atomic E-state index is 0.0120. The van der Waals surface area contributed by atoms with Gasteiger partial charge in [0.2, 0.25) is 11.8 Å². The third-order valence-corrected chi connectivity index (χ3v) is 7.73. The van der Waals surface area contributed by atoms with Crippen LogP contribution in [0.4, 0.5) is 4.79 Å². The number of hydrogen-bond acceptors (Lipinski definition) is 7. The number of alkyl carbamates (subject to hydrolysis) is 1. The molecule has 2 unspecified atom stereocenters. The zero-order valence-corrected chi connectivity index (χ0v) is 29.5. The van der Waals surface area contributed by atoms with Crippen molar-refractivity contribution in [2.75, 3.05) is 24.7 Å². The number of rotatable bonds is 25. The molecule has 0 radical (unpaired) electrons. The highest BCUT2D eigenvalue weighted by molar-refractivity contribution is 7.99. The van der Waals surface area contributed by atoms with Gasteiger partial charge in [0.1, 0.15) is 11.6 Å². The molecule has 0 heterocycles. The lowest BCUT2D eigenvalue weighted by Gasteiger charge is -2.26. The van der Waals surface area contributed by atoms with E-state index in [1.54, 1.807) is 41.5 Å². The van der Waals surface area contributed by atoms with Crippen LogP contribution in [0.1, 0.15) is 138 Å². The average molecular weight is 646 g/mol. The molecule has 258 valence electrons. The van der Waals surface area contributed by atoms with E-state index < -0.39 is 41.3 Å². The Morgan fingerprint density at radius 1 is 0.727 bits per heavy atom. The number of thioether (sulfide) groups is 1. The van der Waals surface area contributed by atoms with Crippen LogP contribution in [0.3, 0.4) is 0 Å². The Labute approximate surface area is 271 Å². The van der Waals surface area contributed by atoms with Crippen LogP contribution < -0.4 is 16.0 Å². The second kappa shape index (κ2) is 24.3. The van der Waals surface area contributed by atoms with Crippen LogP contribution in [0, 0.1) is 0 Å². The molecule has 0 aromatic rings. The average Bonchev–Trinajstić information content (AvgIpc) is 2.90. The van der Waals surface area contributed by atoms with Gasteiger partial charge in [-0.2, -0.15) is 11.8 Å². The molecule has 0 aliphatic heterocycles. The van der Waals surface area contributed by atoms with Gasteiger partial charge in [-0.05, 0) is 48.0 Å². The van der Waals surface area contributed by atoms with Crippen LogP contribution in [-0.2, 0) is 23.9 Å². The molecule has 0 spiro atoms. The Morgan fingerprint density at radius 2 is 1.25 bits per heavy atom.